The standard InChI is InChI=1S/C69H123NO13/c1-3-5-7-9-11-13-15-17-19-21-23-25-27-29-31-33-35-37-39-41-43-45-47-49-51-53-61(74)70-57(56-80-68-66(79)64(77)67(60(55-72)82-68)83-69-65(78)63(76)62(75)59(54-71)81-69)58(73)52-50-48-46-44-42-40-38-36-34-32-30-28-26-24-22-20-18-16-14-12-10-8-6-4-2/h5,7,11,13,17,19,23,25,29,31,50,52,57-60,62-69,71-73,75-79H,3-4,6,8-10,12,14-16,18,20-22,24,26-28,30,32-49,51,53-56H2,1-2H3,(H,70,74)/b7-5-,13-11-,19-17-,25-23-,31-29-,52-50+. The van der Waals surface area contributed by atoms with E-state index < -0.39 is 86.8 Å². The number of ether oxygens (including phenoxy) is 4. The number of hydrogen-bond acceptors (Lipinski definition) is 13. The molecule has 9 N–H and O–H groups in total. The van der Waals surface area contributed by atoms with Crippen LogP contribution in [-0.2, 0) is 23.7 Å². The number of unbranched alkanes of at least 4 members (excludes halogenated alkanes) is 31. The molecule has 2 aliphatic rings. The molecule has 482 valence electrons. The topological polar surface area (TPSA) is 228 Å². The van der Waals surface area contributed by atoms with Gasteiger partial charge in [0, 0.05) is 6.42 Å². The number of aliphatic hydroxyl groups is 8. The molecule has 12 atom stereocenters. The minimum atomic E-state index is -1.79. The molecular formula is C69H123NO13. The van der Waals surface area contributed by atoms with Crippen molar-refractivity contribution >= 4 is 5.91 Å². The van der Waals surface area contributed by atoms with Crippen LogP contribution in [0.25, 0.3) is 0 Å². The van der Waals surface area contributed by atoms with Crippen LogP contribution in [0.3, 0.4) is 0 Å². The molecular weight excluding hydrogens is 1050 g/mol. The molecule has 14 nitrogen and oxygen atoms in total. The van der Waals surface area contributed by atoms with Crippen LogP contribution >= 0.6 is 0 Å². The fourth-order valence-electron chi connectivity index (χ4n) is 10.8. The molecule has 0 spiro atoms. The van der Waals surface area contributed by atoms with Crippen molar-refractivity contribution in [2.24, 2.45) is 0 Å². The molecule has 2 rings (SSSR count). The van der Waals surface area contributed by atoms with Gasteiger partial charge in [0.2, 0.25) is 5.91 Å². The molecule has 2 heterocycles. The predicted octanol–water partition coefficient (Wildman–Crippen LogP) is 13.1. The minimum Gasteiger partial charge on any atom is -0.394 e. The third kappa shape index (κ3) is 38.4. The van der Waals surface area contributed by atoms with E-state index in [9.17, 15) is 45.6 Å². The Morgan fingerprint density at radius 2 is 0.831 bits per heavy atom. The number of nitrogens with one attached hydrogen (secondary N) is 1. The lowest BCUT2D eigenvalue weighted by molar-refractivity contribution is -0.359. The first-order chi connectivity index (χ1) is 40.6. The van der Waals surface area contributed by atoms with E-state index in [1.807, 2.05) is 6.08 Å². The highest BCUT2D eigenvalue weighted by Crippen LogP contribution is 2.30. The average Bonchev–Trinajstić information content (AvgIpc) is 3.65. The zero-order chi connectivity index (χ0) is 60.2. The van der Waals surface area contributed by atoms with Crippen molar-refractivity contribution in [3.63, 3.8) is 0 Å². The molecule has 14 heteroatoms. The van der Waals surface area contributed by atoms with Crippen LogP contribution in [0.5, 0.6) is 0 Å². The van der Waals surface area contributed by atoms with Crippen LogP contribution in [0.2, 0.25) is 0 Å². The summed E-state index contributed by atoms with van der Waals surface area (Å²) in [6, 6.07) is -0.923. The van der Waals surface area contributed by atoms with Gasteiger partial charge in [-0.25, -0.2) is 0 Å². The summed E-state index contributed by atoms with van der Waals surface area (Å²) in [6.07, 6.45) is 55.1. The Balaban J connectivity index is 1.72. The number of amides is 1. The van der Waals surface area contributed by atoms with Crippen molar-refractivity contribution in [2.75, 3.05) is 19.8 Å². The summed E-state index contributed by atoms with van der Waals surface area (Å²) in [6.45, 7) is 2.71. The smallest absolute Gasteiger partial charge is 0.220 e. The van der Waals surface area contributed by atoms with Crippen LogP contribution in [0.1, 0.15) is 264 Å². The molecule has 0 bridgehead atoms. The van der Waals surface area contributed by atoms with E-state index >= 15 is 0 Å². The summed E-state index contributed by atoms with van der Waals surface area (Å²) in [5, 5.41) is 87.4. The van der Waals surface area contributed by atoms with E-state index in [1.165, 1.54) is 161 Å². The molecule has 0 aromatic heterocycles. The van der Waals surface area contributed by atoms with E-state index in [4.69, 9.17) is 18.9 Å². The van der Waals surface area contributed by atoms with Gasteiger partial charge in [0.1, 0.15) is 48.8 Å². The van der Waals surface area contributed by atoms with Gasteiger partial charge in [0.05, 0.1) is 32.0 Å². The molecule has 2 fully saturated rings. The SMILES string of the molecule is CC/C=C\C/C=C\C/C=C\C/C=C\C/C=C\CCCCCCCCCCCC(=O)NC(COC1OC(CO)C(OC2OC(CO)C(O)C(O)C2O)C(O)C1O)C(O)/C=C/CCCCCCCCCCCCCCCCCCCCCCCC. The molecule has 0 aliphatic carbocycles. The summed E-state index contributed by atoms with van der Waals surface area (Å²) in [5.74, 6) is -0.246. The first-order valence-electron chi connectivity index (χ1n) is 33.7. The largest absolute Gasteiger partial charge is 0.394 e. The van der Waals surface area contributed by atoms with Gasteiger partial charge in [0.15, 0.2) is 12.6 Å². The van der Waals surface area contributed by atoms with Crippen molar-refractivity contribution in [2.45, 2.75) is 338 Å². The summed E-state index contributed by atoms with van der Waals surface area (Å²) < 4.78 is 22.8. The molecule has 83 heavy (non-hydrogen) atoms. The van der Waals surface area contributed by atoms with Crippen molar-refractivity contribution in [3.8, 4) is 0 Å². The molecule has 0 radical (unpaired) electrons. The van der Waals surface area contributed by atoms with Crippen LogP contribution in [0.15, 0.2) is 72.9 Å². The zero-order valence-corrected chi connectivity index (χ0v) is 52.2. The second-order valence-electron chi connectivity index (χ2n) is 23.6. The Morgan fingerprint density at radius 3 is 1.28 bits per heavy atom. The van der Waals surface area contributed by atoms with Gasteiger partial charge in [-0.1, -0.05) is 267 Å². The molecule has 0 aromatic carbocycles. The Hall–Kier alpha value is -2.57. The van der Waals surface area contributed by atoms with E-state index in [0.29, 0.717) is 6.42 Å². The number of aliphatic hydroxyl groups excluding tert-OH is 8. The Bertz CT molecular complexity index is 1670. The highest BCUT2D eigenvalue weighted by molar-refractivity contribution is 5.76. The van der Waals surface area contributed by atoms with E-state index in [-0.39, 0.29) is 18.9 Å². The monoisotopic (exact) mass is 1170 g/mol. The van der Waals surface area contributed by atoms with E-state index in [2.05, 4.69) is 79.9 Å². The Kier molecular flexibility index (Phi) is 49.5. The second-order valence-corrected chi connectivity index (χ2v) is 23.6. The van der Waals surface area contributed by atoms with Gasteiger partial charge in [-0.05, 0) is 64.2 Å². The minimum absolute atomic E-state index is 0.246. The number of allylic oxidation sites excluding steroid dienone is 11. The highest BCUT2D eigenvalue weighted by atomic mass is 16.7. The van der Waals surface area contributed by atoms with Crippen molar-refractivity contribution in [1.82, 2.24) is 5.32 Å². The van der Waals surface area contributed by atoms with Crippen LogP contribution in [0.4, 0.5) is 0 Å². The fraction of sp³-hybridized carbons (Fsp3) is 0.812. The average molecular weight is 1170 g/mol. The van der Waals surface area contributed by atoms with E-state index in [0.717, 1.165) is 77.0 Å². The molecule has 0 saturated carbocycles. The third-order valence-electron chi connectivity index (χ3n) is 16.1. The van der Waals surface area contributed by atoms with Gasteiger partial charge in [-0.15, -0.1) is 0 Å². The van der Waals surface area contributed by atoms with Crippen molar-refractivity contribution < 1.29 is 64.6 Å². The number of carbonyl (C=O) groups excluding carboxylic acids is 1. The summed E-state index contributed by atoms with van der Waals surface area (Å²) >= 11 is 0. The maximum Gasteiger partial charge on any atom is 0.220 e. The van der Waals surface area contributed by atoms with Crippen molar-refractivity contribution in [3.05, 3.63) is 72.9 Å². The van der Waals surface area contributed by atoms with Crippen LogP contribution in [-0.4, -0.2) is 140 Å². The maximum absolute atomic E-state index is 13.3. The van der Waals surface area contributed by atoms with Crippen molar-refractivity contribution in [1.29, 1.82) is 0 Å². The molecule has 0 aromatic rings. The fourth-order valence-corrected chi connectivity index (χ4v) is 10.8. The van der Waals surface area contributed by atoms with Gasteiger partial charge in [0.25, 0.3) is 0 Å². The van der Waals surface area contributed by atoms with Gasteiger partial charge < -0.3 is 65.1 Å². The maximum atomic E-state index is 13.3. The van der Waals surface area contributed by atoms with Gasteiger partial charge in [-0.2, -0.15) is 0 Å². The first kappa shape index (κ1) is 76.5. The molecule has 2 saturated heterocycles. The summed E-state index contributed by atoms with van der Waals surface area (Å²) in [5.41, 5.74) is 0. The third-order valence-corrected chi connectivity index (χ3v) is 16.1. The highest BCUT2D eigenvalue weighted by Gasteiger charge is 2.51. The zero-order valence-electron chi connectivity index (χ0n) is 52.2. The number of carbonyl (C=O) groups is 1. The lowest BCUT2D eigenvalue weighted by Crippen LogP contribution is -2.65. The number of rotatable bonds is 54. The Labute approximate surface area is 504 Å². The Morgan fingerprint density at radius 1 is 0.446 bits per heavy atom. The first-order valence-corrected chi connectivity index (χ1v) is 33.7. The second kappa shape index (κ2) is 53.7. The normalized spacial score (nSPS) is 24.3. The molecule has 2 aliphatic heterocycles. The van der Waals surface area contributed by atoms with E-state index in [1.54, 1.807) is 6.08 Å². The number of hydrogen-bond donors (Lipinski definition) is 9. The van der Waals surface area contributed by atoms with Gasteiger partial charge >= 0.3 is 0 Å². The quantitative estimate of drug-likeness (QED) is 0.0204. The summed E-state index contributed by atoms with van der Waals surface area (Å²) in [7, 11) is 0. The molecule has 12 unspecified atom stereocenters. The van der Waals surface area contributed by atoms with Crippen LogP contribution < -0.4 is 5.32 Å². The lowest BCUT2D eigenvalue weighted by atomic mass is 9.97. The van der Waals surface area contributed by atoms with Crippen LogP contribution in [0, 0.1) is 0 Å². The predicted molar refractivity (Wildman–Crippen MR) is 337 cm³/mol. The lowest BCUT2D eigenvalue weighted by Gasteiger charge is -2.46. The van der Waals surface area contributed by atoms with Gasteiger partial charge in [-0.3, -0.25) is 4.79 Å². The molecule has 1 amide bonds. The summed E-state index contributed by atoms with van der Waals surface area (Å²) in [4.78, 5) is 13.3.